The summed E-state index contributed by atoms with van der Waals surface area (Å²) in [5.74, 6) is -0.200. The van der Waals surface area contributed by atoms with Gasteiger partial charge in [-0.2, -0.15) is 0 Å². The molecular weight excluding hydrogens is 682 g/mol. The maximum Gasteiger partial charge on any atom is 0.220 e. The van der Waals surface area contributed by atoms with Crippen molar-refractivity contribution in [1.29, 1.82) is 0 Å². The Labute approximate surface area is 328 Å². The van der Waals surface area contributed by atoms with E-state index in [1.54, 1.807) is 6.08 Å². The molecule has 1 saturated heterocycles. The molecule has 0 radical (unpaired) electrons. The lowest BCUT2D eigenvalue weighted by Gasteiger charge is -2.40. The minimum absolute atomic E-state index is 0.200. The van der Waals surface area contributed by atoms with Gasteiger partial charge in [-0.3, -0.25) is 4.79 Å². The lowest BCUT2D eigenvalue weighted by atomic mass is 9.99. The number of hydrogen-bond donors (Lipinski definition) is 6. The first-order chi connectivity index (χ1) is 26.3. The zero-order valence-electron chi connectivity index (χ0n) is 34.0. The number of carbonyl (C=O) groups is 1. The Balaban J connectivity index is 2.39. The van der Waals surface area contributed by atoms with Gasteiger partial charge in [0.05, 0.1) is 25.4 Å². The number of aliphatic hydroxyl groups excluding tert-OH is 5. The van der Waals surface area contributed by atoms with Crippen LogP contribution in [0.4, 0.5) is 0 Å². The molecule has 312 valence electrons. The van der Waals surface area contributed by atoms with Crippen molar-refractivity contribution in [3.05, 3.63) is 60.8 Å². The SMILES string of the molecule is CCCC/C=C/CC/C=C/CC/C=C/C(O)C(COC1OC(CO)C(O)C(O)C1O)NC(=O)CCCCCCCCCCC/C=C\C/C=C\CCCCC. The standard InChI is InChI=1S/C45H79NO8/c1-3-5-7-9-11-13-15-17-18-19-20-21-22-23-25-27-29-31-33-35-41(49)46-38(37-53-45-44(52)43(51)42(50)40(36-47)54-45)39(48)34-32-30-28-26-24-16-14-12-10-8-6-4-2/h10-13,17-18,24,26,32,34,38-40,42-45,47-48,50-52H,3-9,14-16,19-23,25,27-31,33,35-37H2,1-2H3,(H,46,49)/b12-10+,13-11-,18-17-,26-24+,34-32+. The number of hydrogen-bond acceptors (Lipinski definition) is 8. The summed E-state index contributed by atoms with van der Waals surface area (Å²) < 4.78 is 11.2. The van der Waals surface area contributed by atoms with Crippen LogP contribution in [0.5, 0.6) is 0 Å². The summed E-state index contributed by atoms with van der Waals surface area (Å²) in [6.45, 7) is 3.65. The Hall–Kier alpha value is -2.11. The highest BCUT2D eigenvalue weighted by Crippen LogP contribution is 2.22. The highest BCUT2D eigenvalue weighted by atomic mass is 16.7. The van der Waals surface area contributed by atoms with Gasteiger partial charge >= 0.3 is 0 Å². The zero-order chi connectivity index (χ0) is 39.5. The molecule has 1 amide bonds. The molecule has 7 atom stereocenters. The van der Waals surface area contributed by atoms with E-state index in [2.05, 4.69) is 67.8 Å². The van der Waals surface area contributed by atoms with Gasteiger partial charge in [-0.1, -0.05) is 145 Å². The molecule has 6 N–H and O–H groups in total. The average Bonchev–Trinajstić information content (AvgIpc) is 3.17. The van der Waals surface area contributed by atoms with E-state index in [4.69, 9.17) is 9.47 Å². The largest absolute Gasteiger partial charge is 0.394 e. The van der Waals surface area contributed by atoms with Crippen molar-refractivity contribution in [3.63, 3.8) is 0 Å². The van der Waals surface area contributed by atoms with E-state index < -0.39 is 49.5 Å². The molecule has 0 bridgehead atoms. The fourth-order valence-corrected chi connectivity index (χ4v) is 6.26. The van der Waals surface area contributed by atoms with Crippen LogP contribution in [-0.4, -0.2) is 87.5 Å². The first kappa shape index (κ1) is 49.9. The van der Waals surface area contributed by atoms with Crippen molar-refractivity contribution in [2.45, 2.75) is 204 Å². The third-order valence-corrected chi connectivity index (χ3v) is 9.79. The summed E-state index contributed by atoms with van der Waals surface area (Å²) in [5, 5.41) is 54.0. The van der Waals surface area contributed by atoms with Crippen LogP contribution in [0.25, 0.3) is 0 Å². The highest BCUT2D eigenvalue weighted by Gasteiger charge is 2.44. The molecule has 9 nitrogen and oxygen atoms in total. The zero-order valence-corrected chi connectivity index (χ0v) is 34.0. The van der Waals surface area contributed by atoms with Crippen molar-refractivity contribution in [2.75, 3.05) is 13.2 Å². The number of nitrogens with one attached hydrogen (secondary N) is 1. The Kier molecular flexibility index (Phi) is 32.6. The van der Waals surface area contributed by atoms with Gasteiger partial charge in [0.25, 0.3) is 0 Å². The van der Waals surface area contributed by atoms with Gasteiger partial charge in [-0.15, -0.1) is 0 Å². The van der Waals surface area contributed by atoms with Gasteiger partial charge in [-0.25, -0.2) is 0 Å². The first-order valence-corrected chi connectivity index (χ1v) is 21.5. The van der Waals surface area contributed by atoms with Crippen molar-refractivity contribution in [2.24, 2.45) is 0 Å². The number of rotatable bonds is 34. The molecule has 1 aliphatic heterocycles. The van der Waals surface area contributed by atoms with Gasteiger partial charge < -0.3 is 40.3 Å². The van der Waals surface area contributed by atoms with Crippen molar-refractivity contribution < 1.29 is 39.8 Å². The molecule has 7 unspecified atom stereocenters. The summed E-state index contributed by atoms with van der Waals surface area (Å²) in [7, 11) is 0. The average molecular weight is 762 g/mol. The molecule has 0 aromatic carbocycles. The van der Waals surface area contributed by atoms with E-state index >= 15 is 0 Å². The Morgan fingerprint density at radius 3 is 1.72 bits per heavy atom. The minimum Gasteiger partial charge on any atom is -0.394 e. The summed E-state index contributed by atoms with van der Waals surface area (Å²) in [6.07, 6.45) is 38.3. The fraction of sp³-hybridized carbons (Fsp3) is 0.756. The van der Waals surface area contributed by atoms with Crippen LogP contribution in [0.1, 0.15) is 162 Å². The van der Waals surface area contributed by atoms with Crippen molar-refractivity contribution in [1.82, 2.24) is 5.32 Å². The summed E-state index contributed by atoms with van der Waals surface area (Å²) in [5.41, 5.74) is 0. The molecule has 54 heavy (non-hydrogen) atoms. The van der Waals surface area contributed by atoms with Crippen LogP contribution in [0.15, 0.2) is 60.8 Å². The van der Waals surface area contributed by atoms with E-state index in [1.165, 1.54) is 70.6 Å². The van der Waals surface area contributed by atoms with Gasteiger partial charge in [0, 0.05) is 6.42 Å². The molecule has 0 aromatic heterocycles. The maximum absolute atomic E-state index is 12.9. The predicted molar refractivity (Wildman–Crippen MR) is 221 cm³/mol. The lowest BCUT2D eigenvalue weighted by molar-refractivity contribution is -0.302. The van der Waals surface area contributed by atoms with Crippen molar-refractivity contribution >= 4 is 5.91 Å². The smallest absolute Gasteiger partial charge is 0.220 e. The second-order valence-electron chi connectivity index (χ2n) is 14.8. The maximum atomic E-state index is 12.9. The number of aliphatic hydroxyl groups is 5. The van der Waals surface area contributed by atoms with Crippen LogP contribution < -0.4 is 5.32 Å². The minimum atomic E-state index is -1.58. The van der Waals surface area contributed by atoms with E-state index in [0.29, 0.717) is 6.42 Å². The second kappa shape index (κ2) is 35.3. The molecule has 0 saturated carbocycles. The van der Waals surface area contributed by atoms with E-state index in [-0.39, 0.29) is 12.5 Å². The first-order valence-electron chi connectivity index (χ1n) is 21.5. The number of allylic oxidation sites excluding steroid dienone is 9. The van der Waals surface area contributed by atoms with E-state index in [9.17, 15) is 30.3 Å². The Morgan fingerprint density at radius 2 is 1.13 bits per heavy atom. The topological polar surface area (TPSA) is 149 Å². The summed E-state index contributed by atoms with van der Waals surface area (Å²) >= 11 is 0. The molecule has 0 aliphatic carbocycles. The fourth-order valence-electron chi connectivity index (χ4n) is 6.26. The normalized spacial score (nSPS) is 22.1. The molecule has 1 rings (SSSR count). The lowest BCUT2D eigenvalue weighted by Crippen LogP contribution is -2.60. The van der Waals surface area contributed by atoms with Crippen LogP contribution in [0, 0.1) is 0 Å². The van der Waals surface area contributed by atoms with Crippen molar-refractivity contribution in [3.8, 4) is 0 Å². The Bertz CT molecular complexity index is 1030. The molecule has 1 heterocycles. The predicted octanol–water partition coefficient (Wildman–Crippen LogP) is 8.44. The Morgan fingerprint density at radius 1 is 0.630 bits per heavy atom. The third-order valence-electron chi connectivity index (χ3n) is 9.79. The molecular formula is C45H79NO8. The third kappa shape index (κ3) is 25.9. The van der Waals surface area contributed by atoms with Crippen LogP contribution >= 0.6 is 0 Å². The number of carbonyl (C=O) groups excluding carboxylic acids is 1. The number of ether oxygens (including phenoxy) is 2. The highest BCUT2D eigenvalue weighted by molar-refractivity contribution is 5.76. The van der Waals surface area contributed by atoms with Crippen LogP contribution in [-0.2, 0) is 14.3 Å². The van der Waals surface area contributed by atoms with Gasteiger partial charge in [0.15, 0.2) is 6.29 Å². The molecule has 1 aliphatic rings. The molecule has 0 aromatic rings. The summed E-state index contributed by atoms with van der Waals surface area (Å²) in [4.78, 5) is 12.9. The number of amides is 1. The van der Waals surface area contributed by atoms with Crippen LogP contribution in [0.3, 0.4) is 0 Å². The van der Waals surface area contributed by atoms with Gasteiger partial charge in [-0.05, 0) is 70.6 Å². The monoisotopic (exact) mass is 762 g/mol. The molecule has 9 heteroatoms. The van der Waals surface area contributed by atoms with Gasteiger partial charge in [0.1, 0.15) is 24.4 Å². The van der Waals surface area contributed by atoms with Gasteiger partial charge in [0.2, 0.25) is 5.91 Å². The van der Waals surface area contributed by atoms with E-state index in [0.717, 1.165) is 70.6 Å². The summed E-state index contributed by atoms with van der Waals surface area (Å²) in [6, 6.07) is -0.830. The second-order valence-corrected chi connectivity index (χ2v) is 14.8. The van der Waals surface area contributed by atoms with E-state index in [1.807, 2.05) is 6.08 Å². The molecule has 0 spiro atoms. The molecule has 1 fully saturated rings. The van der Waals surface area contributed by atoms with Crippen LogP contribution in [0.2, 0.25) is 0 Å². The quantitative estimate of drug-likeness (QED) is 0.0283. The number of unbranched alkanes of at least 4 members (excludes halogenated alkanes) is 16.